The summed E-state index contributed by atoms with van der Waals surface area (Å²) in [7, 11) is 0. The van der Waals surface area contributed by atoms with Gasteiger partial charge in [-0.25, -0.2) is 18.0 Å². The Labute approximate surface area is 148 Å². The van der Waals surface area contributed by atoms with Gasteiger partial charge in [0, 0.05) is 18.6 Å². The van der Waals surface area contributed by atoms with Crippen LogP contribution in [0.3, 0.4) is 0 Å². The van der Waals surface area contributed by atoms with Crippen molar-refractivity contribution >= 4 is 11.9 Å². The van der Waals surface area contributed by atoms with E-state index in [-0.39, 0.29) is 17.7 Å². The molecule has 2 N–H and O–H groups in total. The molecule has 0 aliphatic carbocycles. The van der Waals surface area contributed by atoms with E-state index in [9.17, 15) is 35.9 Å². The van der Waals surface area contributed by atoms with Crippen LogP contribution in [0.1, 0.15) is 21.5 Å². The molecule has 0 spiro atoms. The molecule has 0 fully saturated rings. The van der Waals surface area contributed by atoms with Crippen LogP contribution in [0.5, 0.6) is 0 Å². The van der Waals surface area contributed by atoms with Gasteiger partial charge in [-0.3, -0.25) is 4.79 Å². The fraction of sp³-hybridized carbons (Fsp3) is 0.176. The van der Waals surface area contributed by atoms with E-state index < -0.39 is 59.1 Å². The number of amides is 1. The molecule has 27 heavy (non-hydrogen) atoms. The van der Waals surface area contributed by atoms with Crippen molar-refractivity contribution in [3.05, 3.63) is 70.5 Å². The molecule has 0 radical (unpaired) electrons. The van der Waals surface area contributed by atoms with Crippen molar-refractivity contribution in [1.82, 2.24) is 5.32 Å². The van der Waals surface area contributed by atoms with Gasteiger partial charge in [0.15, 0.2) is 0 Å². The molecule has 2 aromatic rings. The lowest BCUT2D eigenvalue weighted by atomic mass is 10.0. The summed E-state index contributed by atoms with van der Waals surface area (Å²) in [6, 6.07) is 2.32. The van der Waals surface area contributed by atoms with E-state index in [1.54, 1.807) is 0 Å². The molecule has 2 aromatic carbocycles. The zero-order chi connectivity index (χ0) is 20.4. The summed E-state index contributed by atoms with van der Waals surface area (Å²) in [5, 5.41) is 11.0. The Morgan fingerprint density at radius 1 is 1.00 bits per heavy atom. The molecule has 0 bridgehead atoms. The SMILES string of the molecule is O=C(N[C@H](Cc1ccc(C(F)(F)F)cc1)C(=O)O)c1c(F)cc(F)cc1F. The number of carboxylic acids is 1. The molecule has 1 amide bonds. The summed E-state index contributed by atoms with van der Waals surface area (Å²) in [4.78, 5) is 23.2. The molecule has 10 heteroatoms. The van der Waals surface area contributed by atoms with E-state index in [1.165, 1.54) is 0 Å². The summed E-state index contributed by atoms with van der Waals surface area (Å²) in [5.41, 5.74) is -1.98. The number of benzene rings is 2. The van der Waals surface area contributed by atoms with Crippen molar-refractivity contribution < 1.29 is 41.0 Å². The minimum Gasteiger partial charge on any atom is -0.480 e. The first-order chi connectivity index (χ1) is 12.5. The number of carboxylic acid groups (broad SMARTS) is 1. The fourth-order valence-corrected chi connectivity index (χ4v) is 2.26. The molecule has 0 aliphatic rings. The second-order valence-electron chi connectivity index (χ2n) is 5.51. The van der Waals surface area contributed by atoms with Crippen molar-refractivity contribution in [1.29, 1.82) is 0 Å². The number of carbonyl (C=O) groups is 2. The van der Waals surface area contributed by atoms with E-state index in [4.69, 9.17) is 5.11 Å². The Balaban J connectivity index is 2.19. The normalized spacial score (nSPS) is 12.5. The minimum atomic E-state index is -4.57. The van der Waals surface area contributed by atoms with E-state index in [1.807, 2.05) is 5.32 Å². The summed E-state index contributed by atoms with van der Waals surface area (Å²) >= 11 is 0. The van der Waals surface area contributed by atoms with Crippen molar-refractivity contribution in [2.24, 2.45) is 0 Å². The molecule has 0 aliphatic heterocycles. The maximum Gasteiger partial charge on any atom is 0.416 e. The maximum absolute atomic E-state index is 13.6. The average molecular weight is 391 g/mol. The largest absolute Gasteiger partial charge is 0.480 e. The third-order valence-electron chi connectivity index (χ3n) is 3.56. The van der Waals surface area contributed by atoms with Crippen LogP contribution in [0.25, 0.3) is 0 Å². The smallest absolute Gasteiger partial charge is 0.416 e. The molecule has 0 saturated heterocycles. The van der Waals surface area contributed by atoms with Crippen LogP contribution in [0.2, 0.25) is 0 Å². The topological polar surface area (TPSA) is 66.4 Å². The molecule has 0 heterocycles. The highest BCUT2D eigenvalue weighted by molar-refractivity contribution is 5.97. The van der Waals surface area contributed by atoms with Crippen LogP contribution in [0, 0.1) is 17.5 Å². The summed E-state index contributed by atoms with van der Waals surface area (Å²) in [5.74, 6) is -7.33. The first-order valence-electron chi connectivity index (χ1n) is 7.33. The number of alkyl halides is 3. The standard InChI is InChI=1S/C17H11F6NO3/c18-10-6-11(19)14(12(20)7-10)15(25)24-13(16(26)27)5-8-1-3-9(4-2-8)17(21,22)23/h1-4,6-7,13H,5H2,(H,24,25)(H,26,27)/t13-/m1/s1. The Kier molecular flexibility index (Phi) is 5.77. The zero-order valence-electron chi connectivity index (χ0n) is 13.3. The van der Waals surface area contributed by atoms with Gasteiger partial charge in [-0.15, -0.1) is 0 Å². The number of hydrogen-bond donors (Lipinski definition) is 2. The highest BCUT2D eigenvalue weighted by Crippen LogP contribution is 2.29. The van der Waals surface area contributed by atoms with E-state index in [0.29, 0.717) is 0 Å². The first-order valence-corrected chi connectivity index (χ1v) is 7.33. The Bertz CT molecular complexity index is 841. The monoisotopic (exact) mass is 391 g/mol. The van der Waals surface area contributed by atoms with Gasteiger partial charge in [0.1, 0.15) is 29.1 Å². The zero-order valence-corrected chi connectivity index (χ0v) is 13.3. The summed E-state index contributed by atoms with van der Waals surface area (Å²) < 4.78 is 77.7. The quantitative estimate of drug-likeness (QED) is 0.767. The number of rotatable bonds is 5. The molecule has 0 saturated carbocycles. The lowest BCUT2D eigenvalue weighted by molar-refractivity contribution is -0.139. The van der Waals surface area contributed by atoms with Crippen LogP contribution >= 0.6 is 0 Å². The van der Waals surface area contributed by atoms with Crippen LogP contribution in [0.4, 0.5) is 26.3 Å². The Hall–Kier alpha value is -3.04. The van der Waals surface area contributed by atoms with Crippen LogP contribution in [-0.4, -0.2) is 23.0 Å². The van der Waals surface area contributed by atoms with E-state index in [0.717, 1.165) is 24.3 Å². The second-order valence-corrected chi connectivity index (χ2v) is 5.51. The van der Waals surface area contributed by atoms with Gasteiger partial charge >= 0.3 is 12.1 Å². The van der Waals surface area contributed by atoms with Crippen LogP contribution in [0.15, 0.2) is 36.4 Å². The predicted octanol–water partition coefficient (Wildman–Crippen LogP) is 3.55. The van der Waals surface area contributed by atoms with Crippen LogP contribution < -0.4 is 5.32 Å². The molecule has 2 rings (SSSR count). The predicted molar refractivity (Wildman–Crippen MR) is 80.4 cm³/mol. The van der Waals surface area contributed by atoms with Gasteiger partial charge in [-0.1, -0.05) is 12.1 Å². The first kappa shape index (κ1) is 20.3. The number of carbonyl (C=O) groups excluding carboxylic acids is 1. The highest BCUT2D eigenvalue weighted by atomic mass is 19.4. The molecule has 144 valence electrons. The van der Waals surface area contributed by atoms with Crippen molar-refractivity contribution in [2.75, 3.05) is 0 Å². The Morgan fingerprint density at radius 3 is 1.96 bits per heavy atom. The molecule has 1 atom stereocenters. The second kappa shape index (κ2) is 7.68. The molecular weight excluding hydrogens is 380 g/mol. The molecular formula is C17H11F6NO3. The lowest BCUT2D eigenvalue weighted by Crippen LogP contribution is -2.43. The number of aliphatic carboxylic acids is 1. The number of hydrogen-bond acceptors (Lipinski definition) is 2. The van der Waals surface area contributed by atoms with Crippen molar-refractivity contribution in [3.63, 3.8) is 0 Å². The van der Waals surface area contributed by atoms with Gasteiger partial charge in [0.05, 0.1) is 5.56 Å². The van der Waals surface area contributed by atoms with Crippen LogP contribution in [-0.2, 0) is 17.4 Å². The van der Waals surface area contributed by atoms with E-state index in [2.05, 4.69) is 0 Å². The van der Waals surface area contributed by atoms with Gasteiger partial charge in [0.25, 0.3) is 5.91 Å². The fourth-order valence-electron chi connectivity index (χ4n) is 2.26. The summed E-state index contributed by atoms with van der Waals surface area (Å²) in [6.45, 7) is 0. The number of nitrogens with one attached hydrogen (secondary N) is 1. The van der Waals surface area contributed by atoms with Gasteiger partial charge in [0.2, 0.25) is 0 Å². The summed E-state index contributed by atoms with van der Waals surface area (Å²) in [6.07, 6.45) is -5.01. The third-order valence-corrected chi connectivity index (χ3v) is 3.56. The van der Waals surface area contributed by atoms with Gasteiger partial charge in [-0.2, -0.15) is 13.2 Å². The minimum absolute atomic E-state index is 0.135. The Morgan fingerprint density at radius 2 is 1.52 bits per heavy atom. The third kappa shape index (κ3) is 4.99. The van der Waals surface area contributed by atoms with E-state index >= 15 is 0 Å². The lowest BCUT2D eigenvalue weighted by Gasteiger charge is -2.16. The van der Waals surface area contributed by atoms with Gasteiger partial charge in [-0.05, 0) is 17.7 Å². The molecule has 4 nitrogen and oxygen atoms in total. The molecule has 0 unspecified atom stereocenters. The maximum atomic E-state index is 13.6. The number of halogens is 6. The average Bonchev–Trinajstić information content (AvgIpc) is 2.52. The van der Waals surface area contributed by atoms with Crippen molar-refractivity contribution in [3.8, 4) is 0 Å². The molecule has 0 aromatic heterocycles. The van der Waals surface area contributed by atoms with Crippen molar-refractivity contribution in [2.45, 2.75) is 18.6 Å². The highest BCUT2D eigenvalue weighted by Gasteiger charge is 2.30. The van der Waals surface area contributed by atoms with Gasteiger partial charge < -0.3 is 10.4 Å².